The summed E-state index contributed by atoms with van der Waals surface area (Å²) in [4.78, 5) is 24.9. The molecule has 1 aromatic rings. The molecule has 0 unspecified atom stereocenters. The summed E-state index contributed by atoms with van der Waals surface area (Å²) >= 11 is 0. The summed E-state index contributed by atoms with van der Waals surface area (Å²) in [6, 6.07) is 4.90. The van der Waals surface area contributed by atoms with Gasteiger partial charge in [-0.15, -0.1) is 10.1 Å². The van der Waals surface area contributed by atoms with Crippen LogP contribution in [0.4, 0.5) is 0 Å². The molecular formula is C10H11NO5. The highest BCUT2D eigenvalue weighted by molar-refractivity contribution is 5.89. The van der Waals surface area contributed by atoms with Crippen LogP contribution in [0.5, 0.6) is 0 Å². The van der Waals surface area contributed by atoms with E-state index in [4.69, 9.17) is 5.11 Å². The molecule has 0 aliphatic carbocycles. The van der Waals surface area contributed by atoms with Gasteiger partial charge in [0.1, 0.15) is 6.61 Å². The highest BCUT2D eigenvalue weighted by atomic mass is 16.9. The lowest BCUT2D eigenvalue weighted by molar-refractivity contribution is -0.757. The molecule has 0 aliphatic rings. The van der Waals surface area contributed by atoms with Crippen LogP contribution in [0.25, 0.3) is 0 Å². The van der Waals surface area contributed by atoms with Crippen molar-refractivity contribution in [2.45, 2.75) is 13.3 Å². The molecular weight excluding hydrogens is 214 g/mol. The Kier molecular flexibility index (Phi) is 3.82. The average molecular weight is 225 g/mol. The van der Waals surface area contributed by atoms with E-state index in [9.17, 15) is 14.9 Å². The maximum absolute atomic E-state index is 10.8. The van der Waals surface area contributed by atoms with Crippen molar-refractivity contribution in [2.75, 3.05) is 6.61 Å². The molecule has 16 heavy (non-hydrogen) atoms. The molecule has 1 rings (SSSR count). The highest BCUT2D eigenvalue weighted by Gasteiger charge is 2.07. The number of hydrogen-bond donors (Lipinski definition) is 1. The van der Waals surface area contributed by atoms with Crippen LogP contribution in [0.2, 0.25) is 0 Å². The quantitative estimate of drug-likeness (QED) is 0.605. The van der Waals surface area contributed by atoms with Gasteiger partial charge in [-0.1, -0.05) is 12.1 Å². The summed E-state index contributed by atoms with van der Waals surface area (Å²) in [5, 5.41) is 17.9. The second-order valence-electron chi connectivity index (χ2n) is 3.26. The molecule has 0 atom stereocenters. The lowest BCUT2D eigenvalue weighted by atomic mass is 10.0. The Morgan fingerprint density at radius 3 is 2.81 bits per heavy atom. The fraction of sp³-hybridized carbons (Fsp3) is 0.300. The number of aryl methyl sites for hydroxylation is 1. The summed E-state index contributed by atoms with van der Waals surface area (Å²) in [5.41, 5.74) is 1.56. The number of hydrogen-bond acceptors (Lipinski definition) is 4. The van der Waals surface area contributed by atoms with Gasteiger partial charge < -0.3 is 9.94 Å². The van der Waals surface area contributed by atoms with Gasteiger partial charge >= 0.3 is 5.97 Å². The van der Waals surface area contributed by atoms with Crippen LogP contribution >= 0.6 is 0 Å². The predicted octanol–water partition coefficient (Wildman–Crippen LogP) is 1.44. The standard InChI is InChI=1S/C10H11NO5/c1-7-2-3-8(4-5-16-11(14)15)6-9(7)10(12)13/h2-3,6H,4-5H2,1H3,(H,12,13). The zero-order valence-corrected chi connectivity index (χ0v) is 8.67. The van der Waals surface area contributed by atoms with E-state index in [1.54, 1.807) is 19.1 Å². The van der Waals surface area contributed by atoms with E-state index in [1.165, 1.54) is 6.07 Å². The molecule has 0 saturated heterocycles. The molecule has 0 radical (unpaired) electrons. The Balaban J connectivity index is 2.71. The van der Waals surface area contributed by atoms with E-state index >= 15 is 0 Å². The topological polar surface area (TPSA) is 89.7 Å². The van der Waals surface area contributed by atoms with Gasteiger partial charge in [0.2, 0.25) is 0 Å². The minimum Gasteiger partial charge on any atom is -0.478 e. The van der Waals surface area contributed by atoms with Gasteiger partial charge in [-0.3, -0.25) is 0 Å². The minimum absolute atomic E-state index is 0.0743. The molecule has 0 amide bonds. The number of carbonyl (C=O) groups is 1. The number of carboxylic acids is 1. The zero-order valence-electron chi connectivity index (χ0n) is 8.67. The Morgan fingerprint density at radius 2 is 2.25 bits per heavy atom. The van der Waals surface area contributed by atoms with Crippen LogP contribution < -0.4 is 0 Å². The SMILES string of the molecule is Cc1ccc(CCO[N+](=O)[O-])cc1C(=O)O. The average Bonchev–Trinajstić information content (AvgIpc) is 2.19. The van der Waals surface area contributed by atoms with Crippen LogP contribution in [0.15, 0.2) is 18.2 Å². The van der Waals surface area contributed by atoms with Crippen molar-refractivity contribution in [1.82, 2.24) is 0 Å². The van der Waals surface area contributed by atoms with E-state index < -0.39 is 11.1 Å². The van der Waals surface area contributed by atoms with Crippen LogP contribution in [0.3, 0.4) is 0 Å². The number of benzene rings is 1. The van der Waals surface area contributed by atoms with Crippen molar-refractivity contribution < 1.29 is 19.8 Å². The molecule has 86 valence electrons. The Morgan fingerprint density at radius 1 is 1.56 bits per heavy atom. The Labute approximate surface area is 91.6 Å². The summed E-state index contributed by atoms with van der Waals surface area (Å²) < 4.78 is 0. The molecule has 0 aromatic heterocycles. The van der Waals surface area contributed by atoms with Gasteiger partial charge in [0.25, 0.3) is 5.09 Å². The van der Waals surface area contributed by atoms with Gasteiger partial charge in [-0.05, 0) is 30.5 Å². The van der Waals surface area contributed by atoms with Gasteiger partial charge in [0, 0.05) is 0 Å². The van der Waals surface area contributed by atoms with Crippen LogP contribution in [-0.2, 0) is 11.3 Å². The predicted molar refractivity (Wildman–Crippen MR) is 54.8 cm³/mol. The maximum Gasteiger partial charge on any atom is 0.335 e. The monoisotopic (exact) mass is 225 g/mol. The van der Waals surface area contributed by atoms with Crippen LogP contribution in [0, 0.1) is 17.0 Å². The van der Waals surface area contributed by atoms with Gasteiger partial charge in [0.05, 0.1) is 5.56 Å². The number of carboxylic acid groups (broad SMARTS) is 1. The third kappa shape index (κ3) is 3.23. The van der Waals surface area contributed by atoms with E-state index in [1.807, 2.05) is 0 Å². The lowest BCUT2D eigenvalue weighted by Gasteiger charge is -2.04. The van der Waals surface area contributed by atoms with Crippen molar-refractivity contribution in [3.63, 3.8) is 0 Å². The highest BCUT2D eigenvalue weighted by Crippen LogP contribution is 2.11. The molecule has 0 bridgehead atoms. The van der Waals surface area contributed by atoms with Crippen molar-refractivity contribution >= 4 is 5.97 Å². The maximum atomic E-state index is 10.8. The number of nitrogens with zero attached hydrogens (tertiary/aromatic N) is 1. The minimum atomic E-state index is -1.01. The van der Waals surface area contributed by atoms with Crippen molar-refractivity contribution in [3.8, 4) is 0 Å². The molecule has 0 fully saturated rings. The smallest absolute Gasteiger partial charge is 0.335 e. The third-order valence-electron chi connectivity index (χ3n) is 2.12. The fourth-order valence-electron chi connectivity index (χ4n) is 1.29. The summed E-state index contributed by atoms with van der Waals surface area (Å²) in [7, 11) is 0. The zero-order chi connectivity index (χ0) is 12.1. The van der Waals surface area contributed by atoms with Gasteiger partial charge in [0.15, 0.2) is 0 Å². The third-order valence-corrected chi connectivity index (χ3v) is 2.12. The Hall–Kier alpha value is -2.11. The summed E-state index contributed by atoms with van der Waals surface area (Å²) in [6.45, 7) is 1.62. The molecule has 0 heterocycles. The van der Waals surface area contributed by atoms with Crippen molar-refractivity contribution in [2.24, 2.45) is 0 Å². The van der Waals surface area contributed by atoms with Crippen molar-refractivity contribution in [3.05, 3.63) is 45.0 Å². The van der Waals surface area contributed by atoms with Gasteiger partial charge in [-0.25, -0.2) is 4.79 Å². The summed E-state index contributed by atoms with van der Waals surface area (Å²) in [6.07, 6.45) is 0.307. The molecule has 0 spiro atoms. The van der Waals surface area contributed by atoms with Crippen LogP contribution in [-0.4, -0.2) is 22.8 Å². The van der Waals surface area contributed by atoms with E-state index in [0.29, 0.717) is 17.5 Å². The first kappa shape index (κ1) is 12.0. The Bertz CT molecular complexity index is 416. The van der Waals surface area contributed by atoms with E-state index in [0.717, 1.165) is 0 Å². The summed E-state index contributed by atoms with van der Waals surface area (Å²) in [5.74, 6) is -1.01. The molecule has 0 aliphatic heterocycles. The molecule has 1 aromatic carbocycles. The van der Waals surface area contributed by atoms with Crippen molar-refractivity contribution in [1.29, 1.82) is 0 Å². The number of aromatic carboxylic acids is 1. The number of rotatable bonds is 5. The second-order valence-corrected chi connectivity index (χ2v) is 3.26. The first-order valence-corrected chi connectivity index (χ1v) is 4.61. The first-order valence-electron chi connectivity index (χ1n) is 4.61. The largest absolute Gasteiger partial charge is 0.478 e. The normalized spacial score (nSPS) is 9.81. The van der Waals surface area contributed by atoms with Gasteiger partial charge in [-0.2, -0.15) is 0 Å². The molecule has 6 nitrogen and oxygen atoms in total. The molecule has 6 heteroatoms. The van der Waals surface area contributed by atoms with E-state index in [2.05, 4.69) is 4.84 Å². The second kappa shape index (κ2) is 5.11. The fourth-order valence-corrected chi connectivity index (χ4v) is 1.29. The first-order chi connectivity index (χ1) is 7.50. The molecule has 0 saturated carbocycles. The van der Waals surface area contributed by atoms with Crippen LogP contribution in [0.1, 0.15) is 21.5 Å². The van der Waals surface area contributed by atoms with E-state index in [-0.39, 0.29) is 12.2 Å². The lowest BCUT2D eigenvalue weighted by Crippen LogP contribution is -2.06. The molecule has 1 N–H and O–H groups in total.